The molecule has 8 nitrogen and oxygen atoms in total. The van der Waals surface area contributed by atoms with Crippen molar-refractivity contribution in [2.45, 2.75) is 25.3 Å². The molecule has 0 fully saturated rings. The van der Waals surface area contributed by atoms with E-state index in [-0.39, 0.29) is 0 Å². The summed E-state index contributed by atoms with van der Waals surface area (Å²) in [4.78, 5) is 24.3. The lowest BCUT2D eigenvalue weighted by atomic mass is 10.1. The van der Waals surface area contributed by atoms with Gasteiger partial charge < -0.3 is 16.2 Å². The van der Waals surface area contributed by atoms with Gasteiger partial charge in [-0.2, -0.15) is 5.10 Å². The van der Waals surface area contributed by atoms with Crippen LogP contribution < -0.4 is 11.1 Å². The first-order chi connectivity index (χ1) is 10.6. The topological polar surface area (TPSA) is 123 Å². The van der Waals surface area contributed by atoms with Crippen LogP contribution in [0.2, 0.25) is 0 Å². The largest absolute Gasteiger partial charge is 0.480 e. The first-order valence-corrected chi connectivity index (χ1v) is 7.68. The van der Waals surface area contributed by atoms with Crippen molar-refractivity contribution in [1.29, 1.82) is 0 Å². The Bertz CT molecular complexity index is 625. The molecule has 118 valence electrons. The number of carbonyl (C=O) groups excluding carboxylic acids is 1. The molecule has 0 radical (unpaired) electrons. The summed E-state index contributed by atoms with van der Waals surface area (Å²) in [6.45, 7) is 0.418. The van der Waals surface area contributed by atoms with Gasteiger partial charge in [0.1, 0.15) is 11.7 Å². The Balaban J connectivity index is 1.73. The van der Waals surface area contributed by atoms with E-state index in [0.717, 1.165) is 9.67 Å². The fraction of sp³-hybridized carbons (Fsp3) is 0.385. The van der Waals surface area contributed by atoms with Gasteiger partial charge in [-0.15, -0.1) is 16.4 Å². The fourth-order valence-electron chi connectivity index (χ4n) is 1.78. The van der Waals surface area contributed by atoms with E-state index < -0.39 is 18.0 Å². The Morgan fingerprint density at radius 3 is 2.95 bits per heavy atom. The molecule has 0 aliphatic carbocycles. The lowest BCUT2D eigenvalue weighted by Gasteiger charge is -2.06. The normalized spacial score (nSPS) is 12.0. The van der Waals surface area contributed by atoms with E-state index in [1.165, 1.54) is 17.5 Å². The van der Waals surface area contributed by atoms with Crippen LogP contribution >= 0.6 is 11.3 Å². The average molecular weight is 323 g/mol. The number of nitrogens with zero attached hydrogens (tertiary/aromatic N) is 3. The molecule has 0 spiro atoms. The summed E-state index contributed by atoms with van der Waals surface area (Å²) in [5.41, 5.74) is 6.04. The second-order valence-electron chi connectivity index (χ2n) is 4.67. The van der Waals surface area contributed by atoms with Crippen molar-refractivity contribution in [2.75, 3.05) is 6.54 Å². The minimum Gasteiger partial charge on any atom is -0.480 e. The zero-order valence-electron chi connectivity index (χ0n) is 11.8. The molecule has 0 saturated carbocycles. The number of thiophene rings is 1. The fourth-order valence-corrected chi connectivity index (χ4v) is 2.45. The molecule has 2 aromatic heterocycles. The van der Waals surface area contributed by atoms with Crippen LogP contribution in [0.1, 0.15) is 19.3 Å². The van der Waals surface area contributed by atoms with Crippen molar-refractivity contribution in [1.82, 2.24) is 20.3 Å². The molecule has 22 heavy (non-hydrogen) atoms. The molecule has 2 aromatic rings. The van der Waals surface area contributed by atoms with Crippen molar-refractivity contribution in [3.05, 3.63) is 23.7 Å². The number of carbonyl (C=O) groups is 2. The maximum absolute atomic E-state index is 11.8. The van der Waals surface area contributed by atoms with Gasteiger partial charge in [0, 0.05) is 6.54 Å². The Kier molecular flexibility index (Phi) is 5.61. The van der Waals surface area contributed by atoms with E-state index in [1.54, 1.807) is 0 Å². The van der Waals surface area contributed by atoms with E-state index in [0.29, 0.717) is 31.5 Å². The predicted molar refractivity (Wildman–Crippen MR) is 81.6 cm³/mol. The number of nitrogens with two attached hydrogens (primary N) is 1. The summed E-state index contributed by atoms with van der Waals surface area (Å²) in [7, 11) is 0. The summed E-state index contributed by atoms with van der Waals surface area (Å²) >= 11 is 1.52. The second-order valence-corrected chi connectivity index (χ2v) is 5.62. The van der Waals surface area contributed by atoms with E-state index in [2.05, 4.69) is 15.5 Å². The monoisotopic (exact) mass is 323 g/mol. The predicted octanol–water partition coefficient (Wildman–Crippen LogP) is 1.15. The van der Waals surface area contributed by atoms with Crippen LogP contribution in [-0.2, 0) is 4.79 Å². The standard InChI is InChI=1S/C13H17N5O3S/c14-9(12(19)20)4-1-2-6-15-13(21)18-16-8-10(17-18)11-5-3-7-22-11/h3,5,7-9H,1-2,4,6,14H2,(H,15,21)(H,19,20)/t9-/m0/s1. The van der Waals surface area contributed by atoms with Gasteiger partial charge in [-0.25, -0.2) is 4.79 Å². The summed E-state index contributed by atoms with van der Waals surface area (Å²) < 4.78 is 0. The van der Waals surface area contributed by atoms with Crippen LogP contribution in [-0.4, -0.2) is 44.7 Å². The van der Waals surface area contributed by atoms with Crippen molar-refractivity contribution >= 4 is 23.3 Å². The smallest absolute Gasteiger partial charge is 0.359 e. The maximum Gasteiger partial charge on any atom is 0.359 e. The average Bonchev–Trinajstić information content (AvgIpc) is 3.16. The highest BCUT2D eigenvalue weighted by molar-refractivity contribution is 7.13. The van der Waals surface area contributed by atoms with Gasteiger partial charge in [0.25, 0.3) is 0 Å². The first kappa shape index (κ1) is 16.1. The lowest BCUT2D eigenvalue weighted by Crippen LogP contribution is -2.32. The number of nitrogens with one attached hydrogen (secondary N) is 1. The highest BCUT2D eigenvalue weighted by Gasteiger charge is 2.12. The number of rotatable bonds is 7. The number of hydrogen-bond acceptors (Lipinski definition) is 6. The van der Waals surface area contributed by atoms with E-state index in [4.69, 9.17) is 10.8 Å². The Morgan fingerprint density at radius 2 is 2.27 bits per heavy atom. The minimum absolute atomic E-state index is 0.383. The van der Waals surface area contributed by atoms with E-state index in [1.807, 2.05) is 17.5 Å². The number of carboxylic acid groups (broad SMARTS) is 1. The van der Waals surface area contributed by atoms with Crippen LogP contribution in [0.4, 0.5) is 4.79 Å². The van der Waals surface area contributed by atoms with Gasteiger partial charge in [0.2, 0.25) is 0 Å². The third-order valence-corrected chi connectivity index (χ3v) is 3.87. The Hall–Kier alpha value is -2.26. The molecule has 0 aromatic carbocycles. The molecular weight excluding hydrogens is 306 g/mol. The number of amides is 1. The molecule has 0 aliphatic rings. The molecule has 9 heteroatoms. The van der Waals surface area contributed by atoms with E-state index >= 15 is 0 Å². The summed E-state index contributed by atoms with van der Waals surface area (Å²) in [6.07, 6.45) is 3.19. The number of aromatic nitrogens is 3. The zero-order valence-corrected chi connectivity index (χ0v) is 12.6. The number of hydrogen-bond donors (Lipinski definition) is 3. The van der Waals surface area contributed by atoms with Gasteiger partial charge in [-0.05, 0) is 30.7 Å². The molecule has 4 N–H and O–H groups in total. The van der Waals surface area contributed by atoms with Gasteiger partial charge in [-0.1, -0.05) is 10.9 Å². The molecule has 2 rings (SSSR count). The Morgan fingerprint density at radius 1 is 1.45 bits per heavy atom. The lowest BCUT2D eigenvalue weighted by molar-refractivity contribution is -0.138. The molecule has 0 bridgehead atoms. The minimum atomic E-state index is -1.01. The molecule has 0 unspecified atom stereocenters. The number of aliphatic carboxylic acids is 1. The maximum atomic E-state index is 11.8. The number of carboxylic acids is 1. The van der Waals surface area contributed by atoms with Gasteiger partial charge in [0.15, 0.2) is 0 Å². The molecule has 0 saturated heterocycles. The van der Waals surface area contributed by atoms with Crippen molar-refractivity contribution in [3.63, 3.8) is 0 Å². The van der Waals surface area contributed by atoms with Crippen LogP contribution in [0.15, 0.2) is 23.7 Å². The number of unbranched alkanes of at least 4 members (excludes halogenated alkanes) is 1. The highest BCUT2D eigenvalue weighted by atomic mass is 32.1. The first-order valence-electron chi connectivity index (χ1n) is 6.80. The zero-order chi connectivity index (χ0) is 15.9. The quantitative estimate of drug-likeness (QED) is 0.657. The van der Waals surface area contributed by atoms with Crippen LogP contribution in [0.3, 0.4) is 0 Å². The third-order valence-electron chi connectivity index (χ3n) is 2.98. The molecule has 1 atom stereocenters. The van der Waals surface area contributed by atoms with Crippen LogP contribution in [0.25, 0.3) is 10.6 Å². The molecule has 2 heterocycles. The summed E-state index contributed by atoms with van der Waals surface area (Å²) in [5.74, 6) is -1.01. The van der Waals surface area contributed by atoms with Gasteiger partial charge in [0.05, 0.1) is 11.1 Å². The van der Waals surface area contributed by atoms with Crippen LogP contribution in [0, 0.1) is 0 Å². The second kappa shape index (κ2) is 7.66. The van der Waals surface area contributed by atoms with E-state index in [9.17, 15) is 9.59 Å². The SMILES string of the molecule is N[C@@H](CCCCNC(=O)n1ncc(-c2cccs2)n1)C(=O)O. The van der Waals surface area contributed by atoms with Crippen molar-refractivity contribution in [3.8, 4) is 10.6 Å². The highest BCUT2D eigenvalue weighted by Crippen LogP contribution is 2.21. The third kappa shape index (κ3) is 4.37. The molecule has 0 aliphatic heterocycles. The van der Waals surface area contributed by atoms with Crippen molar-refractivity contribution < 1.29 is 14.7 Å². The Labute approximate surface area is 130 Å². The van der Waals surface area contributed by atoms with Gasteiger partial charge >= 0.3 is 12.0 Å². The summed E-state index contributed by atoms with van der Waals surface area (Å²) in [5, 5.41) is 21.3. The summed E-state index contributed by atoms with van der Waals surface area (Å²) in [6, 6.07) is 2.55. The molecular formula is C13H17N5O3S. The van der Waals surface area contributed by atoms with Crippen molar-refractivity contribution in [2.24, 2.45) is 5.73 Å². The van der Waals surface area contributed by atoms with Gasteiger partial charge in [-0.3, -0.25) is 4.79 Å². The van der Waals surface area contributed by atoms with Crippen LogP contribution in [0.5, 0.6) is 0 Å². The molecule has 1 amide bonds.